The van der Waals surface area contributed by atoms with E-state index in [9.17, 15) is 0 Å². The number of methoxy groups -OCH3 is 2. The third-order valence-corrected chi connectivity index (χ3v) is 3.34. The number of aliphatic imine (C=N–C) groups is 1. The molecule has 0 aliphatic carbocycles. The molecule has 0 aromatic heterocycles. The van der Waals surface area contributed by atoms with Gasteiger partial charge in [-0.25, -0.2) is 0 Å². The van der Waals surface area contributed by atoms with E-state index in [0.717, 1.165) is 54.8 Å². The largest absolute Gasteiger partial charge is 0.497 e. The number of benzene rings is 1. The number of rotatable bonds is 8. The van der Waals surface area contributed by atoms with Gasteiger partial charge in [0.2, 0.25) is 0 Å². The Labute approximate surface area is 154 Å². The van der Waals surface area contributed by atoms with Crippen molar-refractivity contribution >= 4 is 41.5 Å². The van der Waals surface area contributed by atoms with Crippen LogP contribution in [0.3, 0.4) is 0 Å². The lowest BCUT2D eigenvalue weighted by Crippen LogP contribution is -2.39. The molecule has 0 heterocycles. The first-order valence-corrected chi connectivity index (χ1v) is 7.35. The minimum atomic E-state index is 0. The average Bonchev–Trinajstić information content (AvgIpc) is 2.51. The lowest BCUT2D eigenvalue weighted by atomic mass is 10.1. The maximum absolute atomic E-state index is 6.21. The monoisotopic (exact) mass is 441 g/mol. The van der Waals surface area contributed by atoms with Crippen molar-refractivity contribution in [2.45, 2.75) is 12.8 Å². The molecular weight excluding hydrogens is 417 g/mol. The zero-order chi connectivity index (χ0) is 15.5. The van der Waals surface area contributed by atoms with Gasteiger partial charge in [-0.15, -0.1) is 24.0 Å². The van der Waals surface area contributed by atoms with E-state index in [1.165, 1.54) is 0 Å². The van der Waals surface area contributed by atoms with E-state index in [1.54, 1.807) is 21.3 Å². The molecule has 0 radical (unpaired) electrons. The van der Waals surface area contributed by atoms with Crippen molar-refractivity contribution in [1.29, 1.82) is 0 Å². The van der Waals surface area contributed by atoms with Crippen molar-refractivity contribution in [2.75, 3.05) is 41.0 Å². The van der Waals surface area contributed by atoms with Gasteiger partial charge >= 0.3 is 0 Å². The number of halogens is 2. The summed E-state index contributed by atoms with van der Waals surface area (Å²) in [5.74, 6) is 1.56. The predicted molar refractivity (Wildman–Crippen MR) is 103 cm³/mol. The van der Waals surface area contributed by atoms with Gasteiger partial charge in [-0.2, -0.15) is 0 Å². The van der Waals surface area contributed by atoms with Crippen LogP contribution in [0.25, 0.3) is 0 Å². The van der Waals surface area contributed by atoms with Crippen molar-refractivity contribution < 1.29 is 9.47 Å². The average molecular weight is 442 g/mol. The van der Waals surface area contributed by atoms with Crippen LogP contribution in [0.2, 0.25) is 5.02 Å². The summed E-state index contributed by atoms with van der Waals surface area (Å²) >= 11 is 6.21. The molecule has 0 fully saturated rings. The molecule has 5 nitrogen and oxygen atoms in total. The van der Waals surface area contributed by atoms with Gasteiger partial charge < -0.3 is 20.1 Å². The quantitative estimate of drug-likeness (QED) is 0.282. The summed E-state index contributed by atoms with van der Waals surface area (Å²) < 4.78 is 10.1. The molecule has 1 rings (SSSR count). The van der Waals surface area contributed by atoms with E-state index in [0.29, 0.717) is 0 Å². The molecule has 0 saturated carbocycles. The van der Waals surface area contributed by atoms with Gasteiger partial charge in [-0.1, -0.05) is 17.7 Å². The standard InChI is InChI=1S/C15H24ClN3O2.HI/c1-17-15(18-8-4-10-20-2)19-9-7-12-5-6-13(21-3)11-14(12)16;/h5-6,11H,4,7-10H2,1-3H3,(H2,17,18,19);1H. The van der Waals surface area contributed by atoms with Crippen molar-refractivity contribution in [2.24, 2.45) is 4.99 Å². The fraction of sp³-hybridized carbons (Fsp3) is 0.533. The van der Waals surface area contributed by atoms with Crippen LogP contribution >= 0.6 is 35.6 Å². The van der Waals surface area contributed by atoms with Gasteiger partial charge in [-0.05, 0) is 30.5 Å². The molecule has 7 heteroatoms. The molecule has 0 unspecified atom stereocenters. The van der Waals surface area contributed by atoms with Crippen LogP contribution < -0.4 is 15.4 Å². The smallest absolute Gasteiger partial charge is 0.190 e. The van der Waals surface area contributed by atoms with Crippen LogP contribution in [0.4, 0.5) is 0 Å². The third-order valence-electron chi connectivity index (χ3n) is 2.99. The molecule has 0 atom stereocenters. The summed E-state index contributed by atoms with van der Waals surface area (Å²) in [5.41, 5.74) is 1.08. The summed E-state index contributed by atoms with van der Waals surface area (Å²) in [6.45, 7) is 2.33. The van der Waals surface area contributed by atoms with Crippen molar-refractivity contribution in [3.8, 4) is 5.75 Å². The molecule has 0 aliphatic rings. The van der Waals surface area contributed by atoms with Crippen LogP contribution in [-0.2, 0) is 11.2 Å². The first-order valence-electron chi connectivity index (χ1n) is 6.97. The number of guanidine groups is 1. The SMILES string of the molecule is CN=C(NCCCOC)NCCc1ccc(OC)cc1Cl.I. The fourth-order valence-corrected chi connectivity index (χ4v) is 2.08. The second-order valence-corrected chi connectivity index (χ2v) is 4.89. The Kier molecular flexibility index (Phi) is 12.4. The van der Waals surface area contributed by atoms with Crippen molar-refractivity contribution in [1.82, 2.24) is 10.6 Å². The number of ether oxygens (including phenoxy) is 2. The molecule has 2 N–H and O–H groups in total. The van der Waals surface area contributed by atoms with E-state index >= 15 is 0 Å². The maximum atomic E-state index is 6.21. The number of hydrogen-bond acceptors (Lipinski definition) is 3. The molecule has 0 spiro atoms. The normalized spacial score (nSPS) is 10.8. The summed E-state index contributed by atoms with van der Waals surface area (Å²) in [6, 6.07) is 5.73. The van der Waals surface area contributed by atoms with Gasteiger partial charge in [0, 0.05) is 38.9 Å². The molecule has 0 aliphatic heterocycles. The predicted octanol–water partition coefficient (Wildman–Crippen LogP) is 2.71. The third kappa shape index (κ3) is 8.05. The van der Waals surface area contributed by atoms with Crippen LogP contribution in [-0.4, -0.2) is 46.9 Å². The molecular formula is C15H25ClIN3O2. The lowest BCUT2D eigenvalue weighted by Gasteiger charge is -2.12. The van der Waals surface area contributed by atoms with E-state index in [-0.39, 0.29) is 24.0 Å². The van der Waals surface area contributed by atoms with E-state index < -0.39 is 0 Å². The molecule has 0 saturated heterocycles. The van der Waals surface area contributed by atoms with Gasteiger partial charge in [0.05, 0.1) is 7.11 Å². The summed E-state index contributed by atoms with van der Waals surface area (Å²) in [5, 5.41) is 7.21. The van der Waals surface area contributed by atoms with E-state index in [1.807, 2.05) is 18.2 Å². The lowest BCUT2D eigenvalue weighted by molar-refractivity contribution is 0.195. The summed E-state index contributed by atoms with van der Waals surface area (Å²) in [7, 11) is 5.09. The number of nitrogens with zero attached hydrogens (tertiary/aromatic N) is 1. The number of nitrogens with one attached hydrogen (secondary N) is 2. The molecule has 126 valence electrons. The zero-order valence-electron chi connectivity index (χ0n) is 13.3. The Morgan fingerprint density at radius 1 is 1.23 bits per heavy atom. The van der Waals surface area contributed by atoms with E-state index in [4.69, 9.17) is 21.1 Å². The number of hydrogen-bond donors (Lipinski definition) is 2. The molecule has 22 heavy (non-hydrogen) atoms. The molecule has 1 aromatic rings. The maximum Gasteiger partial charge on any atom is 0.190 e. The summed E-state index contributed by atoms with van der Waals surface area (Å²) in [4.78, 5) is 4.17. The van der Waals surface area contributed by atoms with Crippen LogP contribution in [0.1, 0.15) is 12.0 Å². The molecule has 0 amide bonds. The van der Waals surface area contributed by atoms with Gasteiger partial charge in [0.1, 0.15) is 5.75 Å². The highest BCUT2D eigenvalue weighted by molar-refractivity contribution is 14.0. The Balaban J connectivity index is 0.00000441. The second kappa shape index (κ2) is 12.8. The molecule has 0 bridgehead atoms. The van der Waals surface area contributed by atoms with E-state index in [2.05, 4.69) is 15.6 Å². The van der Waals surface area contributed by atoms with Crippen molar-refractivity contribution in [3.05, 3.63) is 28.8 Å². The minimum Gasteiger partial charge on any atom is -0.497 e. The Bertz CT molecular complexity index is 458. The fourth-order valence-electron chi connectivity index (χ4n) is 1.82. The highest BCUT2D eigenvalue weighted by Crippen LogP contribution is 2.22. The molecule has 1 aromatic carbocycles. The van der Waals surface area contributed by atoms with Gasteiger partial charge in [-0.3, -0.25) is 4.99 Å². The first kappa shape index (κ1) is 21.3. The highest BCUT2D eigenvalue weighted by Gasteiger charge is 2.03. The van der Waals surface area contributed by atoms with Crippen molar-refractivity contribution in [3.63, 3.8) is 0 Å². The summed E-state index contributed by atoms with van der Waals surface area (Å²) in [6.07, 6.45) is 1.77. The second-order valence-electron chi connectivity index (χ2n) is 4.48. The topological polar surface area (TPSA) is 54.9 Å². The van der Waals surface area contributed by atoms with Gasteiger partial charge in [0.15, 0.2) is 5.96 Å². The zero-order valence-corrected chi connectivity index (χ0v) is 16.4. The highest BCUT2D eigenvalue weighted by atomic mass is 127. The van der Waals surface area contributed by atoms with Crippen LogP contribution in [0.5, 0.6) is 5.75 Å². The Morgan fingerprint density at radius 3 is 2.55 bits per heavy atom. The minimum absolute atomic E-state index is 0. The van der Waals surface area contributed by atoms with Crippen LogP contribution in [0, 0.1) is 0 Å². The van der Waals surface area contributed by atoms with Gasteiger partial charge in [0.25, 0.3) is 0 Å². The first-order chi connectivity index (χ1) is 10.2. The Hall–Kier alpha value is -0.730. The van der Waals surface area contributed by atoms with Crippen LogP contribution in [0.15, 0.2) is 23.2 Å². The Morgan fingerprint density at radius 2 is 1.95 bits per heavy atom.